The minimum atomic E-state index is -0.155. The number of carbonyl (C=O) groups excluding carboxylic acids is 1. The molecule has 0 atom stereocenters. The van der Waals surface area contributed by atoms with Crippen molar-refractivity contribution in [3.63, 3.8) is 0 Å². The zero-order valence-corrected chi connectivity index (χ0v) is 18.4. The maximum absolute atomic E-state index is 12.6. The van der Waals surface area contributed by atoms with Gasteiger partial charge in [0.05, 0.1) is 17.8 Å². The molecule has 0 aliphatic carbocycles. The number of rotatable bonds is 7. The minimum absolute atomic E-state index is 0.0117. The lowest BCUT2D eigenvalue weighted by Crippen LogP contribution is -2.18. The average Bonchev–Trinajstić information content (AvgIpc) is 2.59. The molecular weight excluding hydrogens is 364 g/mol. The highest BCUT2D eigenvalue weighted by Crippen LogP contribution is 2.40. The molecule has 0 heterocycles. The Morgan fingerprint density at radius 3 is 2.03 bits per heavy atom. The summed E-state index contributed by atoms with van der Waals surface area (Å²) in [4.78, 5) is 12.6. The van der Waals surface area contributed by atoms with E-state index in [9.17, 15) is 9.90 Å². The summed E-state index contributed by atoms with van der Waals surface area (Å²) in [5, 5.41) is 9.43. The van der Waals surface area contributed by atoms with Crippen LogP contribution in [0.4, 0.5) is 0 Å². The monoisotopic (exact) mass is 396 g/mol. The number of hydrogen-bond acceptors (Lipinski definition) is 4. The summed E-state index contributed by atoms with van der Waals surface area (Å²) in [6.45, 7) is 14.3. The molecule has 4 heteroatoms. The van der Waals surface area contributed by atoms with Crippen LogP contribution in [0, 0.1) is 0 Å². The fourth-order valence-electron chi connectivity index (χ4n) is 2.93. The fourth-order valence-corrected chi connectivity index (χ4v) is 2.93. The molecule has 156 valence electrons. The van der Waals surface area contributed by atoms with Gasteiger partial charge in [0, 0.05) is 11.1 Å². The van der Waals surface area contributed by atoms with E-state index in [1.54, 1.807) is 18.2 Å². The first-order valence-electron chi connectivity index (χ1n) is 10.0. The van der Waals surface area contributed by atoms with Gasteiger partial charge in [-0.3, -0.25) is 4.79 Å². The third kappa shape index (κ3) is 6.11. The predicted molar refractivity (Wildman–Crippen MR) is 118 cm³/mol. The third-order valence-electron chi connectivity index (χ3n) is 4.23. The molecule has 0 fully saturated rings. The molecular formula is C25H32O4. The summed E-state index contributed by atoms with van der Waals surface area (Å²) < 4.78 is 12.2. The number of phenolic OH excluding ortho intramolecular Hbond substituents is 1. The van der Waals surface area contributed by atoms with Crippen molar-refractivity contribution >= 4 is 11.9 Å². The molecule has 0 aliphatic rings. The summed E-state index contributed by atoms with van der Waals surface area (Å²) in [6, 6.07) is 10.2. The van der Waals surface area contributed by atoms with Crippen LogP contribution in [0.1, 0.15) is 70.0 Å². The number of aromatic hydroxyl groups is 1. The molecule has 0 aliphatic heterocycles. The molecule has 0 saturated carbocycles. The Morgan fingerprint density at radius 2 is 1.52 bits per heavy atom. The van der Waals surface area contributed by atoms with Crippen molar-refractivity contribution < 1.29 is 19.4 Å². The van der Waals surface area contributed by atoms with Crippen LogP contribution in [-0.4, -0.2) is 23.1 Å². The van der Waals surface area contributed by atoms with E-state index < -0.39 is 0 Å². The van der Waals surface area contributed by atoms with Gasteiger partial charge in [-0.15, -0.1) is 0 Å². The number of hydrogen-bond donors (Lipinski definition) is 1. The molecule has 0 saturated heterocycles. The topological polar surface area (TPSA) is 55.8 Å². The smallest absolute Gasteiger partial charge is 0.185 e. The van der Waals surface area contributed by atoms with Crippen LogP contribution in [0.15, 0.2) is 42.5 Å². The second-order valence-corrected chi connectivity index (χ2v) is 8.68. The summed E-state index contributed by atoms with van der Waals surface area (Å²) in [7, 11) is 0. The quantitative estimate of drug-likeness (QED) is 0.450. The van der Waals surface area contributed by atoms with Crippen LogP contribution in [0.2, 0.25) is 0 Å². The normalized spacial score (nSPS) is 12.0. The lowest BCUT2D eigenvalue weighted by atomic mass is 9.84. The molecule has 1 N–H and O–H groups in total. The molecule has 0 aromatic heterocycles. The van der Waals surface area contributed by atoms with Crippen molar-refractivity contribution in [3.8, 4) is 17.2 Å². The Hall–Kier alpha value is -2.75. The van der Waals surface area contributed by atoms with Crippen molar-refractivity contribution in [2.45, 2.75) is 66.1 Å². The molecule has 0 bridgehead atoms. The second-order valence-electron chi connectivity index (χ2n) is 8.68. The summed E-state index contributed by atoms with van der Waals surface area (Å²) >= 11 is 0. The van der Waals surface area contributed by atoms with E-state index in [1.165, 1.54) is 18.2 Å². The van der Waals surface area contributed by atoms with Crippen molar-refractivity contribution in [1.82, 2.24) is 0 Å². The predicted octanol–water partition coefficient (Wildman–Crippen LogP) is 6.16. The Bertz CT molecular complexity index is 869. The third-order valence-corrected chi connectivity index (χ3v) is 4.23. The van der Waals surface area contributed by atoms with Gasteiger partial charge < -0.3 is 14.6 Å². The van der Waals surface area contributed by atoms with Crippen LogP contribution in [-0.2, 0) is 5.41 Å². The number of allylic oxidation sites excluding steroid dienone is 1. The van der Waals surface area contributed by atoms with Gasteiger partial charge in [0.1, 0.15) is 17.2 Å². The van der Waals surface area contributed by atoms with Gasteiger partial charge in [-0.25, -0.2) is 0 Å². The zero-order chi connectivity index (χ0) is 21.8. The van der Waals surface area contributed by atoms with E-state index in [0.717, 1.165) is 16.9 Å². The van der Waals surface area contributed by atoms with Gasteiger partial charge in [0.2, 0.25) is 0 Å². The number of benzene rings is 2. The van der Waals surface area contributed by atoms with Gasteiger partial charge in [0.25, 0.3) is 0 Å². The van der Waals surface area contributed by atoms with Gasteiger partial charge >= 0.3 is 0 Å². The second kappa shape index (κ2) is 9.17. The Labute approximate surface area is 174 Å². The van der Waals surface area contributed by atoms with Crippen LogP contribution in [0.3, 0.4) is 0 Å². The molecule has 0 spiro atoms. The van der Waals surface area contributed by atoms with E-state index in [0.29, 0.717) is 11.3 Å². The molecule has 2 aromatic carbocycles. The Morgan fingerprint density at radius 1 is 0.931 bits per heavy atom. The number of ketones is 1. The van der Waals surface area contributed by atoms with Gasteiger partial charge in [-0.1, -0.05) is 26.8 Å². The maximum atomic E-state index is 12.6. The fraction of sp³-hybridized carbons (Fsp3) is 0.400. The first-order chi connectivity index (χ1) is 13.5. The van der Waals surface area contributed by atoms with Crippen LogP contribution in [0.25, 0.3) is 6.08 Å². The van der Waals surface area contributed by atoms with Crippen molar-refractivity contribution in [1.29, 1.82) is 0 Å². The van der Waals surface area contributed by atoms with E-state index >= 15 is 0 Å². The molecule has 0 radical (unpaired) electrons. The van der Waals surface area contributed by atoms with Crippen molar-refractivity contribution in [2.24, 2.45) is 0 Å². The van der Waals surface area contributed by atoms with E-state index in [-0.39, 0.29) is 29.2 Å². The lowest BCUT2D eigenvalue weighted by molar-refractivity contribution is 0.104. The highest BCUT2D eigenvalue weighted by atomic mass is 16.5. The molecule has 0 amide bonds. The number of carbonyl (C=O) groups is 1. The van der Waals surface area contributed by atoms with Gasteiger partial charge in [-0.2, -0.15) is 0 Å². The highest BCUT2D eigenvalue weighted by Gasteiger charge is 2.24. The lowest BCUT2D eigenvalue weighted by Gasteiger charge is -2.27. The Balaban J connectivity index is 2.57. The van der Waals surface area contributed by atoms with Crippen molar-refractivity contribution in [3.05, 3.63) is 59.2 Å². The van der Waals surface area contributed by atoms with Gasteiger partial charge in [0.15, 0.2) is 5.78 Å². The number of ether oxygens (including phenoxy) is 2. The summed E-state index contributed by atoms with van der Waals surface area (Å²) in [5.74, 6) is 1.39. The standard InChI is InChI=1S/C25H32O4/c1-16(2)28-23-15-13-21(25(5,6)7)24(29-17(3)4)20(23)12-14-22(27)18-8-10-19(26)11-9-18/h8-17,26H,1-7H3. The van der Waals surface area contributed by atoms with Crippen LogP contribution in [0.5, 0.6) is 17.2 Å². The Kier molecular flexibility index (Phi) is 7.12. The SMILES string of the molecule is CC(C)Oc1ccc(C(C)(C)C)c(OC(C)C)c1C=CC(=O)c1ccc(O)cc1. The van der Waals surface area contributed by atoms with Crippen LogP contribution >= 0.6 is 0 Å². The zero-order valence-electron chi connectivity index (χ0n) is 18.4. The first kappa shape index (κ1) is 22.5. The minimum Gasteiger partial charge on any atom is -0.508 e. The molecule has 2 aromatic rings. The first-order valence-corrected chi connectivity index (χ1v) is 10.0. The molecule has 0 unspecified atom stereocenters. The van der Waals surface area contributed by atoms with E-state index in [1.807, 2.05) is 39.8 Å². The van der Waals surface area contributed by atoms with E-state index in [2.05, 4.69) is 20.8 Å². The average molecular weight is 397 g/mol. The van der Waals surface area contributed by atoms with Crippen molar-refractivity contribution in [2.75, 3.05) is 0 Å². The summed E-state index contributed by atoms with van der Waals surface area (Å²) in [5.41, 5.74) is 2.18. The summed E-state index contributed by atoms with van der Waals surface area (Å²) in [6.07, 6.45) is 3.25. The molecule has 29 heavy (non-hydrogen) atoms. The highest BCUT2D eigenvalue weighted by molar-refractivity contribution is 6.07. The molecule has 4 nitrogen and oxygen atoms in total. The number of phenols is 1. The van der Waals surface area contributed by atoms with Crippen LogP contribution < -0.4 is 9.47 Å². The van der Waals surface area contributed by atoms with Gasteiger partial charge in [-0.05, 0) is 75.6 Å². The maximum Gasteiger partial charge on any atom is 0.185 e. The largest absolute Gasteiger partial charge is 0.508 e. The van der Waals surface area contributed by atoms with E-state index in [4.69, 9.17) is 9.47 Å². The molecule has 2 rings (SSSR count).